The Morgan fingerprint density at radius 3 is 2.67 bits per heavy atom. The van der Waals surface area contributed by atoms with E-state index in [1.54, 1.807) is 13.0 Å². The predicted molar refractivity (Wildman–Crippen MR) is 67.9 cm³/mol. The van der Waals surface area contributed by atoms with Crippen LogP contribution in [0.4, 0.5) is 5.95 Å². The zero-order valence-corrected chi connectivity index (χ0v) is 11.0. The van der Waals surface area contributed by atoms with Gasteiger partial charge in [0.25, 0.3) is 0 Å². The van der Waals surface area contributed by atoms with Gasteiger partial charge in [0.1, 0.15) is 11.8 Å². The van der Waals surface area contributed by atoms with E-state index in [1.165, 1.54) is 0 Å². The number of rotatable bonds is 3. The monoisotopic (exact) mass is 247 g/mol. The Hall–Kier alpha value is -2.16. The zero-order chi connectivity index (χ0) is 13.8. The standard InChI is InChI=1S/C12H17N5O/c1-8-5-9(6-13)16-11(15-8)14-7-10(18)17-12(2,3)4/h5H,7H2,1-4H3,(H,17,18)(H,14,15,16). The van der Waals surface area contributed by atoms with E-state index < -0.39 is 0 Å². The van der Waals surface area contributed by atoms with Gasteiger partial charge in [-0.25, -0.2) is 9.97 Å². The molecule has 0 aromatic carbocycles. The van der Waals surface area contributed by atoms with Gasteiger partial charge < -0.3 is 10.6 Å². The van der Waals surface area contributed by atoms with Crippen LogP contribution in [-0.2, 0) is 4.79 Å². The summed E-state index contributed by atoms with van der Waals surface area (Å²) in [6.07, 6.45) is 0. The van der Waals surface area contributed by atoms with E-state index >= 15 is 0 Å². The molecule has 0 atom stereocenters. The Balaban J connectivity index is 2.62. The number of amides is 1. The van der Waals surface area contributed by atoms with Gasteiger partial charge in [0, 0.05) is 11.2 Å². The highest BCUT2D eigenvalue weighted by molar-refractivity contribution is 5.80. The fraction of sp³-hybridized carbons (Fsp3) is 0.500. The number of anilines is 1. The SMILES string of the molecule is Cc1cc(C#N)nc(NCC(=O)NC(C)(C)C)n1. The van der Waals surface area contributed by atoms with Crippen LogP contribution in [0.3, 0.4) is 0 Å². The summed E-state index contributed by atoms with van der Waals surface area (Å²) in [5.74, 6) is 0.140. The van der Waals surface area contributed by atoms with Gasteiger partial charge in [-0.3, -0.25) is 4.79 Å². The van der Waals surface area contributed by atoms with Crippen LogP contribution in [-0.4, -0.2) is 28.0 Å². The molecule has 0 aliphatic rings. The zero-order valence-electron chi connectivity index (χ0n) is 11.0. The lowest BCUT2D eigenvalue weighted by Gasteiger charge is -2.20. The van der Waals surface area contributed by atoms with Crippen molar-refractivity contribution in [3.05, 3.63) is 17.5 Å². The number of hydrogen-bond donors (Lipinski definition) is 2. The van der Waals surface area contributed by atoms with Gasteiger partial charge in [0.05, 0.1) is 6.54 Å². The second kappa shape index (κ2) is 5.45. The molecule has 18 heavy (non-hydrogen) atoms. The topological polar surface area (TPSA) is 90.7 Å². The van der Waals surface area contributed by atoms with Crippen LogP contribution in [0.5, 0.6) is 0 Å². The van der Waals surface area contributed by atoms with E-state index in [0.717, 1.165) is 0 Å². The molecular formula is C12H17N5O. The maximum absolute atomic E-state index is 11.6. The minimum atomic E-state index is -0.274. The summed E-state index contributed by atoms with van der Waals surface area (Å²) in [4.78, 5) is 19.6. The number of hydrogen-bond acceptors (Lipinski definition) is 5. The second-order valence-corrected chi connectivity index (χ2v) is 4.98. The van der Waals surface area contributed by atoms with Crippen LogP contribution in [0, 0.1) is 18.3 Å². The normalized spacial score (nSPS) is 10.6. The number of nitrogens with one attached hydrogen (secondary N) is 2. The number of aryl methyl sites for hydroxylation is 1. The Labute approximate surface area is 106 Å². The quantitative estimate of drug-likeness (QED) is 0.831. The molecule has 0 bridgehead atoms. The largest absolute Gasteiger partial charge is 0.350 e. The molecule has 1 heterocycles. The van der Waals surface area contributed by atoms with Crippen LogP contribution in [0.1, 0.15) is 32.2 Å². The maximum atomic E-state index is 11.6. The first-order valence-electron chi connectivity index (χ1n) is 5.61. The summed E-state index contributed by atoms with van der Waals surface area (Å²) in [5, 5.41) is 14.4. The average molecular weight is 247 g/mol. The first-order chi connectivity index (χ1) is 8.30. The van der Waals surface area contributed by atoms with Gasteiger partial charge in [-0.05, 0) is 33.8 Å². The molecule has 0 aliphatic heterocycles. The van der Waals surface area contributed by atoms with E-state index in [2.05, 4.69) is 20.6 Å². The third kappa shape index (κ3) is 4.78. The molecule has 0 radical (unpaired) electrons. The average Bonchev–Trinajstić information content (AvgIpc) is 2.23. The molecule has 0 fully saturated rings. The van der Waals surface area contributed by atoms with Crippen LogP contribution in [0.15, 0.2) is 6.07 Å². The van der Waals surface area contributed by atoms with Crippen molar-refractivity contribution in [2.24, 2.45) is 0 Å². The minimum Gasteiger partial charge on any atom is -0.350 e. The summed E-state index contributed by atoms with van der Waals surface area (Å²) in [5.41, 5.74) is 0.686. The number of aromatic nitrogens is 2. The Bertz CT molecular complexity index is 484. The van der Waals surface area contributed by atoms with Crippen LogP contribution in [0.2, 0.25) is 0 Å². The Morgan fingerprint density at radius 1 is 1.44 bits per heavy atom. The van der Waals surface area contributed by atoms with Crippen LogP contribution < -0.4 is 10.6 Å². The molecule has 96 valence electrons. The van der Waals surface area contributed by atoms with Crippen molar-refractivity contribution in [3.8, 4) is 6.07 Å². The highest BCUT2D eigenvalue weighted by atomic mass is 16.2. The van der Waals surface area contributed by atoms with Gasteiger partial charge in [-0.2, -0.15) is 5.26 Å². The fourth-order valence-corrected chi connectivity index (χ4v) is 1.33. The summed E-state index contributed by atoms with van der Waals surface area (Å²) >= 11 is 0. The van der Waals surface area contributed by atoms with E-state index in [9.17, 15) is 4.79 Å². The predicted octanol–water partition coefficient (Wildman–Crippen LogP) is 0.983. The van der Waals surface area contributed by atoms with Crippen molar-refractivity contribution in [3.63, 3.8) is 0 Å². The molecule has 0 saturated heterocycles. The van der Waals surface area contributed by atoms with E-state index in [1.807, 2.05) is 26.8 Å². The van der Waals surface area contributed by atoms with Crippen molar-refractivity contribution in [1.82, 2.24) is 15.3 Å². The summed E-state index contributed by atoms with van der Waals surface area (Å²) in [7, 11) is 0. The molecule has 0 saturated carbocycles. The molecule has 1 aromatic heterocycles. The summed E-state index contributed by atoms with van der Waals surface area (Å²) < 4.78 is 0. The molecule has 0 spiro atoms. The van der Waals surface area contributed by atoms with Gasteiger partial charge in [0.15, 0.2) is 0 Å². The lowest BCUT2D eigenvalue weighted by atomic mass is 10.1. The van der Waals surface area contributed by atoms with Gasteiger partial charge in [-0.1, -0.05) is 0 Å². The molecule has 6 nitrogen and oxygen atoms in total. The van der Waals surface area contributed by atoms with Crippen molar-refractivity contribution in [2.75, 3.05) is 11.9 Å². The van der Waals surface area contributed by atoms with E-state index in [-0.39, 0.29) is 29.6 Å². The fourth-order valence-electron chi connectivity index (χ4n) is 1.33. The second-order valence-electron chi connectivity index (χ2n) is 4.98. The molecule has 1 amide bonds. The first kappa shape index (κ1) is 13.9. The molecule has 0 unspecified atom stereocenters. The summed E-state index contributed by atoms with van der Waals surface area (Å²) in [6.45, 7) is 7.56. The molecular weight excluding hydrogens is 230 g/mol. The third-order valence-corrected chi connectivity index (χ3v) is 1.89. The van der Waals surface area contributed by atoms with Crippen molar-refractivity contribution < 1.29 is 4.79 Å². The van der Waals surface area contributed by atoms with Crippen LogP contribution >= 0.6 is 0 Å². The number of nitriles is 1. The van der Waals surface area contributed by atoms with E-state index in [0.29, 0.717) is 5.69 Å². The Morgan fingerprint density at radius 2 is 2.11 bits per heavy atom. The van der Waals surface area contributed by atoms with Gasteiger partial charge in [0.2, 0.25) is 11.9 Å². The first-order valence-corrected chi connectivity index (χ1v) is 5.61. The van der Waals surface area contributed by atoms with Crippen LogP contribution in [0.25, 0.3) is 0 Å². The number of nitrogens with zero attached hydrogens (tertiary/aromatic N) is 3. The smallest absolute Gasteiger partial charge is 0.239 e. The molecule has 6 heteroatoms. The Kier molecular flexibility index (Phi) is 4.21. The van der Waals surface area contributed by atoms with E-state index in [4.69, 9.17) is 5.26 Å². The minimum absolute atomic E-state index is 0.0750. The molecule has 2 N–H and O–H groups in total. The number of carbonyl (C=O) groups excluding carboxylic acids is 1. The third-order valence-electron chi connectivity index (χ3n) is 1.89. The van der Waals surface area contributed by atoms with Crippen molar-refractivity contribution in [2.45, 2.75) is 33.2 Å². The van der Waals surface area contributed by atoms with Crippen molar-refractivity contribution in [1.29, 1.82) is 5.26 Å². The highest BCUT2D eigenvalue weighted by Gasteiger charge is 2.13. The maximum Gasteiger partial charge on any atom is 0.239 e. The lowest BCUT2D eigenvalue weighted by molar-refractivity contribution is -0.120. The molecule has 1 rings (SSSR count). The van der Waals surface area contributed by atoms with Crippen molar-refractivity contribution >= 4 is 11.9 Å². The lowest BCUT2D eigenvalue weighted by Crippen LogP contribution is -2.43. The molecule has 1 aromatic rings. The summed E-state index contributed by atoms with van der Waals surface area (Å²) in [6, 6.07) is 3.53. The number of carbonyl (C=O) groups is 1. The highest BCUT2D eigenvalue weighted by Crippen LogP contribution is 2.03. The molecule has 0 aliphatic carbocycles. The van der Waals surface area contributed by atoms with Gasteiger partial charge in [-0.15, -0.1) is 0 Å². The van der Waals surface area contributed by atoms with Gasteiger partial charge >= 0.3 is 0 Å².